The maximum Gasteiger partial charge on any atom is 0.264 e. The van der Waals surface area contributed by atoms with Gasteiger partial charge in [0.15, 0.2) is 11.5 Å². The van der Waals surface area contributed by atoms with E-state index in [0.717, 1.165) is 45.1 Å². The number of thiophene rings is 1. The van der Waals surface area contributed by atoms with Gasteiger partial charge < -0.3 is 14.4 Å². The van der Waals surface area contributed by atoms with Crippen molar-refractivity contribution in [3.05, 3.63) is 44.6 Å². The highest BCUT2D eigenvalue weighted by atomic mass is 79.9. The number of hydrogen-bond donors (Lipinski definition) is 0. The highest BCUT2D eigenvalue weighted by Gasteiger charge is 2.32. The first kappa shape index (κ1) is 15.0. The van der Waals surface area contributed by atoms with E-state index >= 15 is 0 Å². The zero-order chi connectivity index (χ0) is 15.8. The van der Waals surface area contributed by atoms with Crippen molar-refractivity contribution < 1.29 is 14.3 Å². The number of fused-ring (bicyclic) bond motifs is 1. The van der Waals surface area contributed by atoms with Crippen molar-refractivity contribution in [3.8, 4) is 11.5 Å². The van der Waals surface area contributed by atoms with E-state index in [-0.39, 0.29) is 11.9 Å². The Morgan fingerprint density at radius 3 is 2.78 bits per heavy atom. The molecule has 120 valence electrons. The fourth-order valence-corrected chi connectivity index (χ4v) is 4.54. The summed E-state index contributed by atoms with van der Waals surface area (Å²) in [6.45, 7) is 1.97. The Kier molecular flexibility index (Phi) is 4.03. The first-order chi connectivity index (χ1) is 11.2. The van der Waals surface area contributed by atoms with Gasteiger partial charge in [-0.1, -0.05) is 6.07 Å². The molecule has 23 heavy (non-hydrogen) atoms. The minimum Gasteiger partial charge on any atom is -0.486 e. The van der Waals surface area contributed by atoms with Crippen LogP contribution in [0.15, 0.2) is 34.1 Å². The first-order valence-electron chi connectivity index (χ1n) is 7.68. The zero-order valence-electron chi connectivity index (χ0n) is 12.5. The van der Waals surface area contributed by atoms with E-state index in [9.17, 15) is 4.79 Å². The van der Waals surface area contributed by atoms with Crippen molar-refractivity contribution in [3.63, 3.8) is 0 Å². The summed E-state index contributed by atoms with van der Waals surface area (Å²) < 4.78 is 12.2. The maximum absolute atomic E-state index is 12.8. The lowest BCUT2D eigenvalue weighted by atomic mass is 10.0. The Hall–Kier alpha value is -1.53. The molecule has 1 aromatic carbocycles. The van der Waals surface area contributed by atoms with Crippen molar-refractivity contribution in [1.82, 2.24) is 4.90 Å². The molecule has 0 unspecified atom stereocenters. The van der Waals surface area contributed by atoms with Gasteiger partial charge in [-0.2, -0.15) is 0 Å². The number of hydrogen-bond acceptors (Lipinski definition) is 4. The molecule has 1 saturated heterocycles. The van der Waals surface area contributed by atoms with Crippen LogP contribution < -0.4 is 9.47 Å². The molecule has 0 saturated carbocycles. The predicted octanol–water partition coefficient (Wildman–Crippen LogP) is 4.26. The summed E-state index contributed by atoms with van der Waals surface area (Å²) in [5, 5.41) is 0. The van der Waals surface area contributed by atoms with E-state index in [1.165, 1.54) is 11.3 Å². The molecule has 2 aliphatic rings. The fourth-order valence-electron chi connectivity index (χ4n) is 3.19. The molecule has 6 heteroatoms. The van der Waals surface area contributed by atoms with Gasteiger partial charge in [-0.25, -0.2) is 0 Å². The number of likely N-dealkylation sites (tertiary alicyclic amines) is 1. The summed E-state index contributed by atoms with van der Waals surface area (Å²) in [5.74, 6) is 1.68. The van der Waals surface area contributed by atoms with Gasteiger partial charge in [0.2, 0.25) is 0 Å². The van der Waals surface area contributed by atoms with Crippen LogP contribution in [0.3, 0.4) is 0 Å². The summed E-state index contributed by atoms with van der Waals surface area (Å²) >= 11 is 4.91. The molecular weight excluding hydrogens is 378 g/mol. The smallest absolute Gasteiger partial charge is 0.264 e. The first-order valence-corrected chi connectivity index (χ1v) is 9.29. The van der Waals surface area contributed by atoms with Gasteiger partial charge >= 0.3 is 0 Å². The zero-order valence-corrected chi connectivity index (χ0v) is 14.9. The van der Waals surface area contributed by atoms with Crippen LogP contribution in [0.5, 0.6) is 11.5 Å². The summed E-state index contributed by atoms with van der Waals surface area (Å²) in [6.07, 6.45) is 2.01. The SMILES string of the molecule is O=C(c1ccc(Br)s1)N1CCC[C@H]1c1ccc2c(c1)OCCO2. The molecule has 1 fully saturated rings. The maximum atomic E-state index is 12.8. The number of nitrogens with zero attached hydrogens (tertiary/aromatic N) is 1. The Morgan fingerprint density at radius 1 is 1.17 bits per heavy atom. The predicted molar refractivity (Wildman–Crippen MR) is 92.5 cm³/mol. The number of carbonyl (C=O) groups excluding carboxylic acids is 1. The van der Waals surface area contributed by atoms with Gasteiger partial charge in [-0.3, -0.25) is 4.79 Å². The van der Waals surface area contributed by atoms with Crippen LogP contribution in [0, 0.1) is 0 Å². The largest absolute Gasteiger partial charge is 0.486 e. The van der Waals surface area contributed by atoms with Crippen LogP contribution in [0.4, 0.5) is 0 Å². The second-order valence-corrected chi connectivity index (χ2v) is 8.13. The third-order valence-electron chi connectivity index (χ3n) is 4.25. The van der Waals surface area contributed by atoms with E-state index in [1.807, 2.05) is 35.2 Å². The molecule has 0 radical (unpaired) electrons. The van der Waals surface area contributed by atoms with E-state index < -0.39 is 0 Å². The second kappa shape index (κ2) is 6.17. The number of halogens is 1. The Morgan fingerprint density at radius 2 is 2.00 bits per heavy atom. The summed E-state index contributed by atoms with van der Waals surface area (Å²) in [6, 6.07) is 9.94. The van der Waals surface area contributed by atoms with Crippen LogP contribution >= 0.6 is 27.3 Å². The monoisotopic (exact) mass is 393 g/mol. The minimum atomic E-state index is 0.109. The Bertz CT molecular complexity index is 745. The topological polar surface area (TPSA) is 38.8 Å². The number of carbonyl (C=O) groups is 1. The standard InChI is InChI=1S/C17H16BrNO3S/c18-16-6-5-15(23-16)17(20)19-7-1-2-12(19)11-3-4-13-14(10-11)22-9-8-21-13/h3-6,10,12H,1-2,7-9H2/t12-/m0/s1. The van der Waals surface area contributed by atoms with Gasteiger partial charge in [0, 0.05) is 6.54 Å². The molecule has 2 aliphatic heterocycles. The number of amides is 1. The van der Waals surface area contributed by atoms with E-state index in [0.29, 0.717) is 13.2 Å². The lowest BCUT2D eigenvalue weighted by molar-refractivity contribution is 0.0740. The van der Waals surface area contributed by atoms with Crippen LogP contribution in [0.1, 0.15) is 34.1 Å². The molecule has 0 N–H and O–H groups in total. The summed E-state index contributed by atoms with van der Waals surface area (Å²) in [5.41, 5.74) is 1.12. The van der Waals surface area contributed by atoms with E-state index in [4.69, 9.17) is 9.47 Å². The number of rotatable bonds is 2. The summed E-state index contributed by atoms with van der Waals surface area (Å²) in [4.78, 5) is 15.5. The average molecular weight is 394 g/mol. The molecule has 4 rings (SSSR count). The molecule has 4 nitrogen and oxygen atoms in total. The lowest BCUT2D eigenvalue weighted by Gasteiger charge is -2.26. The molecular formula is C17H16BrNO3S. The second-order valence-electron chi connectivity index (χ2n) is 5.66. The van der Waals surface area contributed by atoms with Gasteiger partial charge in [0.25, 0.3) is 5.91 Å². The van der Waals surface area contributed by atoms with E-state index in [1.54, 1.807) is 0 Å². The number of benzene rings is 1. The number of ether oxygens (including phenoxy) is 2. The molecule has 0 spiro atoms. The molecule has 1 aromatic heterocycles. The lowest BCUT2D eigenvalue weighted by Crippen LogP contribution is -2.30. The summed E-state index contributed by atoms with van der Waals surface area (Å²) in [7, 11) is 0. The molecule has 0 bridgehead atoms. The third kappa shape index (κ3) is 2.85. The van der Waals surface area contributed by atoms with Gasteiger partial charge in [-0.05, 0) is 58.6 Å². The highest BCUT2D eigenvalue weighted by molar-refractivity contribution is 9.11. The van der Waals surface area contributed by atoms with Crippen molar-refractivity contribution in [2.75, 3.05) is 19.8 Å². The van der Waals surface area contributed by atoms with Crippen molar-refractivity contribution in [2.24, 2.45) is 0 Å². The molecule has 1 amide bonds. The average Bonchev–Trinajstić information content (AvgIpc) is 3.23. The van der Waals surface area contributed by atoms with Gasteiger partial charge in [0.05, 0.1) is 14.7 Å². The van der Waals surface area contributed by atoms with Crippen molar-refractivity contribution in [1.29, 1.82) is 0 Å². The fraction of sp³-hybridized carbons (Fsp3) is 0.353. The van der Waals surface area contributed by atoms with Gasteiger partial charge in [-0.15, -0.1) is 11.3 Å². The molecule has 3 heterocycles. The normalized spacial score (nSPS) is 19.9. The van der Waals surface area contributed by atoms with Crippen molar-refractivity contribution >= 4 is 33.2 Å². The third-order valence-corrected chi connectivity index (χ3v) is 5.86. The van der Waals surface area contributed by atoms with Crippen LogP contribution in [-0.2, 0) is 0 Å². The minimum absolute atomic E-state index is 0.109. The molecule has 2 aromatic rings. The molecule has 0 aliphatic carbocycles. The van der Waals surface area contributed by atoms with Crippen molar-refractivity contribution in [2.45, 2.75) is 18.9 Å². The molecule has 1 atom stereocenters. The van der Waals surface area contributed by atoms with Crippen LogP contribution in [0.2, 0.25) is 0 Å². The van der Waals surface area contributed by atoms with Crippen LogP contribution in [-0.4, -0.2) is 30.6 Å². The van der Waals surface area contributed by atoms with Gasteiger partial charge in [0.1, 0.15) is 13.2 Å². The van der Waals surface area contributed by atoms with Crippen LogP contribution in [0.25, 0.3) is 0 Å². The van der Waals surface area contributed by atoms with E-state index in [2.05, 4.69) is 15.9 Å². The highest BCUT2D eigenvalue weighted by Crippen LogP contribution is 2.39. The Labute approximate surface area is 147 Å². The Balaban J connectivity index is 1.61. The quantitative estimate of drug-likeness (QED) is 0.764.